The van der Waals surface area contributed by atoms with E-state index in [4.69, 9.17) is 9.47 Å². The van der Waals surface area contributed by atoms with E-state index in [-0.39, 0.29) is 18.6 Å². The number of amides is 1. The number of methoxy groups -OCH3 is 1. The molecule has 0 unspecified atom stereocenters. The van der Waals surface area contributed by atoms with Gasteiger partial charge in [-0.15, -0.1) is 0 Å². The Bertz CT molecular complexity index is 848. The Morgan fingerprint density at radius 3 is 2.39 bits per heavy atom. The maximum atomic E-state index is 12.3. The largest absolute Gasteiger partial charge is 0.496 e. The van der Waals surface area contributed by atoms with Crippen LogP contribution in [0.1, 0.15) is 35.7 Å². The summed E-state index contributed by atoms with van der Waals surface area (Å²) in [5, 5.41) is 2.66. The number of esters is 1. The van der Waals surface area contributed by atoms with E-state index in [2.05, 4.69) is 21.2 Å². The minimum Gasteiger partial charge on any atom is -0.496 e. The van der Waals surface area contributed by atoms with Gasteiger partial charge in [-0.3, -0.25) is 14.4 Å². The first-order valence-corrected chi connectivity index (χ1v) is 9.63. The van der Waals surface area contributed by atoms with E-state index in [0.717, 1.165) is 16.5 Å². The quantitative estimate of drug-likeness (QED) is 0.460. The molecule has 0 aliphatic rings. The van der Waals surface area contributed by atoms with Gasteiger partial charge < -0.3 is 14.8 Å². The number of ether oxygens (including phenoxy) is 2. The molecular weight excluding hydrogens is 426 g/mol. The first kappa shape index (κ1) is 21.6. The van der Waals surface area contributed by atoms with E-state index < -0.39 is 18.5 Å². The molecule has 0 aliphatic heterocycles. The zero-order chi connectivity index (χ0) is 20.5. The van der Waals surface area contributed by atoms with Crippen LogP contribution in [-0.4, -0.2) is 31.4 Å². The highest BCUT2D eigenvalue weighted by atomic mass is 79.9. The van der Waals surface area contributed by atoms with Crippen molar-refractivity contribution in [3.63, 3.8) is 0 Å². The number of ketones is 1. The number of carbonyl (C=O) groups is 3. The van der Waals surface area contributed by atoms with Crippen LogP contribution in [0, 0.1) is 0 Å². The summed E-state index contributed by atoms with van der Waals surface area (Å²) in [6.07, 6.45) is 0.759. The van der Waals surface area contributed by atoms with Crippen molar-refractivity contribution in [3.8, 4) is 5.75 Å². The van der Waals surface area contributed by atoms with Gasteiger partial charge in [-0.1, -0.05) is 35.0 Å². The summed E-state index contributed by atoms with van der Waals surface area (Å²) in [5.41, 5.74) is 2.18. The van der Waals surface area contributed by atoms with Gasteiger partial charge in [-0.05, 0) is 42.3 Å². The van der Waals surface area contributed by atoms with Crippen LogP contribution in [0.15, 0.2) is 46.9 Å². The van der Waals surface area contributed by atoms with Crippen molar-refractivity contribution < 1.29 is 23.9 Å². The van der Waals surface area contributed by atoms with Gasteiger partial charge in [0.1, 0.15) is 5.75 Å². The lowest BCUT2D eigenvalue weighted by Crippen LogP contribution is -2.21. The first-order valence-electron chi connectivity index (χ1n) is 8.84. The molecule has 7 heteroatoms. The number of rotatable bonds is 9. The van der Waals surface area contributed by atoms with Gasteiger partial charge in [0.15, 0.2) is 12.4 Å². The highest BCUT2D eigenvalue weighted by Crippen LogP contribution is 2.24. The second-order valence-corrected chi connectivity index (χ2v) is 6.94. The van der Waals surface area contributed by atoms with Gasteiger partial charge in [0.2, 0.25) is 0 Å². The number of halogens is 1. The van der Waals surface area contributed by atoms with Gasteiger partial charge in [0.05, 0.1) is 19.1 Å². The van der Waals surface area contributed by atoms with Crippen LogP contribution in [0.3, 0.4) is 0 Å². The molecule has 0 saturated carbocycles. The minimum absolute atomic E-state index is 0.0360. The van der Waals surface area contributed by atoms with Gasteiger partial charge in [-0.2, -0.15) is 0 Å². The van der Waals surface area contributed by atoms with Gasteiger partial charge in [0.25, 0.3) is 5.91 Å². The highest BCUT2D eigenvalue weighted by Gasteiger charge is 2.16. The van der Waals surface area contributed by atoms with Crippen LogP contribution in [0.5, 0.6) is 5.75 Å². The van der Waals surface area contributed by atoms with E-state index in [1.165, 1.54) is 7.11 Å². The van der Waals surface area contributed by atoms with E-state index in [9.17, 15) is 14.4 Å². The van der Waals surface area contributed by atoms with Crippen LogP contribution < -0.4 is 10.1 Å². The maximum Gasteiger partial charge on any atom is 0.306 e. The van der Waals surface area contributed by atoms with Gasteiger partial charge in [-0.25, -0.2) is 0 Å². The smallest absolute Gasteiger partial charge is 0.306 e. The van der Waals surface area contributed by atoms with Crippen molar-refractivity contribution in [2.75, 3.05) is 19.0 Å². The number of aryl methyl sites for hydroxylation is 1. The number of hydrogen-bond donors (Lipinski definition) is 1. The minimum atomic E-state index is -0.612. The molecule has 2 aromatic carbocycles. The second-order valence-electron chi connectivity index (χ2n) is 6.03. The Morgan fingerprint density at radius 2 is 1.75 bits per heavy atom. The lowest BCUT2D eigenvalue weighted by atomic mass is 10.1. The summed E-state index contributed by atoms with van der Waals surface area (Å²) in [6, 6.07) is 12.5. The van der Waals surface area contributed by atoms with Crippen LogP contribution in [0.4, 0.5) is 5.69 Å². The van der Waals surface area contributed by atoms with E-state index in [1.807, 2.05) is 19.1 Å². The van der Waals surface area contributed by atoms with Crippen molar-refractivity contribution in [3.05, 3.63) is 58.1 Å². The molecule has 2 aromatic rings. The lowest BCUT2D eigenvalue weighted by Gasteiger charge is -2.09. The third kappa shape index (κ3) is 6.49. The number of hydrogen-bond acceptors (Lipinski definition) is 5. The average Bonchev–Trinajstić information content (AvgIpc) is 2.71. The summed E-state index contributed by atoms with van der Waals surface area (Å²) >= 11 is 3.31. The molecule has 0 fully saturated rings. The summed E-state index contributed by atoms with van der Waals surface area (Å²) in [4.78, 5) is 36.0. The predicted molar refractivity (Wildman–Crippen MR) is 110 cm³/mol. The molecule has 0 heterocycles. The summed E-state index contributed by atoms with van der Waals surface area (Å²) in [5.74, 6) is -0.845. The molecule has 6 nitrogen and oxygen atoms in total. The molecule has 0 saturated heterocycles. The predicted octanol–water partition coefficient (Wildman–Crippen LogP) is 4.16. The Hall–Kier alpha value is -2.67. The highest BCUT2D eigenvalue weighted by molar-refractivity contribution is 9.10. The third-order valence-electron chi connectivity index (χ3n) is 4.03. The first-order chi connectivity index (χ1) is 13.4. The molecule has 148 valence electrons. The molecule has 0 spiro atoms. The van der Waals surface area contributed by atoms with Crippen LogP contribution in [-0.2, 0) is 20.7 Å². The second kappa shape index (κ2) is 10.6. The molecule has 0 atom stereocenters. The number of carbonyl (C=O) groups excluding carboxylic acids is 3. The Labute approximate surface area is 172 Å². The average molecular weight is 448 g/mol. The van der Waals surface area contributed by atoms with Crippen molar-refractivity contribution >= 4 is 39.3 Å². The van der Waals surface area contributed by atoms with Gasteiger partial charge >= 0.3 is 5.97 Å². The standard InChI is InChI=1S/C21H22BrNO5/c1-3-14-4-7-16(8-5-14)23-20(25)13-28-21(26)11-9-18(24)17-12-15(22)6-10-19(17)27-2/h4-8,10,12H,3,9,11,13H2,1-2H3,(H,23,25). The number of nitrogens with one attached hydrogen (secondary N) is 1. The lowest BCUT2D eigenvalue weighted by molar-refractivity contribution is -0.147. The Kier molecular flexibility index (Phi) is 8.19. The van der Waals surface area contributed by atoms with Crippen molar-refractivity contribution in [2.24, 2.45) is 0 Å². The summed E-state index contributed by atoms with van der Waals surface area (Å²) in [6.45, 7) is 1.65. The molecule has 1 N–H and O–H groups in total. The van der Waals surface area contributed by atoms with Crippen LogP contribution in [0.2, 0.25) is 0 Å². The SMILES string of the molecule is CCc1ccc(NC(=O)COC(=O)CCC(=O)c2cc(Br)ccc2OC)cc1. The summed E-state index contributed by atoms with van der Waals surface area (Å²) in [7, 11) is 1.47. The monoisotopic (exact) mass is 447 g/mol. The van der Waals surface area contributed by atoms with E-state index in [0.29, 0.717) is 17.0 Å². The van der Waals surface area contributed by atoms with Crippen molar-refractivity contribution in [2.45, 2.75) is 26.2 Å². The van der Waals surface area contributed by atoms with Crippen LogP contribution >= 0.6 is 15.9 Å². The fourth-order valence-electron chi connectivity index (χ4n) is 2.49. The molecule has 0 radical (unpaired) electrons. The molecular formula is C21H22BrNO5. The molecule has 0 aliphatic carbocycles. The number of Topliss-reactive ketones (excluding diaryl/α,β-unsaturated/α-hetero) is 1. The topological polar surface area (TPSA) is 81.7 Å². The van der Waals surface area contributed by atoms with Crippen molar-refractivity contribution in [1.82, 2.24) is 0 Å². The molecule has 28 heavy (non-hydrogen) atoms. The normalized spacial score (nSPS) is 10.2. The summed E-state index contributed by atoms with van der Waals surface area (Å²) < 4.78 is 10.9. The van der Waals surface area contributed by atoms with E-state index in [1.54, 1.807) is 30.3 Å². The zero-order valence-corrected chi connectivity index (χ0v) is 17.4. The van der Waals surface area contributed by atoms with Crippen LogP contribution in [0.25, 0.3) is 0 Å². The zero-order valence-electron chi connectivity index (χ0n) is 15.8. The number of anilines is 1. The molecule has 0 bridgehead atoms. The fourth-order valence-corrected chi connectivity index (χ4v) is 2.85. The molecule has 0 aromatic heterocycles. The third-order valence-corrected chi connectivity index (χ3v) is 4.52. The maximum absolute atomic E-state index is 12.3. The Morgan fingerprint density at radius 1 is 1.04 bits per heavy atom. The van der Waals surface area contributed by atoms with E-state index >= 15 is 0 Å². The van der Waals surface area contributed by atoms with Crippen molar-refractivity contribution in [1.29, 1.82) is 0 Å². The van der Waals surface area contributed by atoms with Gasteiger partial charge in [0, 0.05) is 16.6 Å². The molecule has 2 rings (SSSR count). The Balaban J connectivity index is 1.78. The fraction of sp³-hybridized carbons (Fsp3) is 0.286. The molecule has 1 amide bonds. The number of benzene rings is 2.